The van der Waals surface area contributed by atoms with Gasteiger partial charge in [0, 0.05) is 4.88 Å². The van der Waals surface area contributed by atoms with Crippen LogP contribution < -0.4 is 5.32 Å². The van der Waals surface area contributed by atoms with Crippen molar-refractivity contribution in [2.75, 3.05) is 13.6 Å². The van der Waals surface area contributed by atoms with Gasteiger partial charge in [-0.1, -0.05) is 30.3 Å². The molecule has 0 radical (unpaired) electrons. The van der Waals surface area contributed by atoms with Crippen molar-refractivity contribution in [1.82, 2.24) is 15.2 Å². The van der Waals surface area contributed by atoms with Gasteiger partial charge in [0.15, 0.2) is 0 Å². The van der Waals surface area contributed by atoms with Crippen molar-refractivity contribution in [2.24, 2.45) is 0 Å². The van der Waals surface area contributed by atoms with Gasteiger partial charge >= 0.3 is 0 Å². The van der Waals surface area contributed by atoms with Crippen LogP contribution in [0.5, 0.6) is 0 Å². The average molecular weight is 440 g/mol. The molecule has 1 amide bonds. The predicted octanol–water partition coefficient (Wildman–Crippen LogP) is 5.40. The summed E-state index contributed by atoms with van der Waals surface area (Å²) in [5, 5.41) is 6.07. The number of rotatable bonds is 7. The van der Waals surface area contributed by atoms with Gasteiger partial charge in [-0.15, -0.1) is 22.7 Å². The first-order valence-corrected chi connectivity index (χ1v) is 11.3. The zero-order valence-corrected chi connectivity index (χ0v) is 18.3. The molecule has 4 rings (SSSR count). The van der Waals surface area contributed by atoms with Crippen LogP contribution in [0.1, 0.15) is 34.5 Å². The molecule has 0 aliphatic carbocycles. The molecule has 30 heavy (non-hydrogen) atoms. The highest BCUT2D eigenvalue weighted by Crippen LogP contribution is 2.29. The molecule has 4 aromatic rings. The molecular formula is C23H22FN3OS2. The Morgan fingerprint density at radius 3 is 2.60 bits per heavy atom. The number of thiazole rings is 1. The molecule has 0 saturated heterocycles. The van der Waals surface area contributed by atoms with E-state index in [0.717, 1.165) is 25.7 Å². The topological polar surface area (TPSA) is 45.2 Å². The maximum Gasteiger partial charge on any atom is 0.234 e. The smallest absolute Gasteiger partial charge is 0.234 e. The number of thiophene rings is 1. The van der Waals surface area contributed by atoms with E-state index in [1.54, 1.807) is 34.8 Å². The Kier molecular flexibility index (Phi) is 6.22. The summed E-state index contributed by atoms with van der Waals surface area (Å²) in [6.45, 7) is 2.29. The van der Waals surface area contributed by atoms with Gasteiger partial charge in [0.1, 0.15) is 10.8 Å². The van der Waals surface area contributed by atoms with E-state index in [0.29, 0.717) is 0 Å². The van der Waals surface area contributed by atoms with Gasteiger partial charge < -0.3 is 5.32 Å². The number of carbonyl (C=O) groups is 1. The maximum absolute atomic E-state index is 13.4. The number of nitrogens with one attached hydrogen (secondary N) is 1. The summed E-state index contributed by atoms with van der Waals surface area (Å²) in [6.07, 6.45) is 0. The first kappa shape index (κ1) is 20.7. The second-order valence-electron chi connectivity index (χ2n) is 7.18. The fourth-order valence-electron chi connectivity index (χ4n) is 3.26. The Hall–Kier alpha value is -2.61. The SMILES string of the molecule is C[C@@H](c1nc2ccccc2s1)N(C)CC(=O)N[C@@H](c1ccc(F)cc1)c1cccs1. The molecule has 4 nitrogen and oxygen atoms in total. The minimum absolute atomic E-state index is 0.0131. The van der Waals surface area contributed by atoms with Gasteiger partial charge in [-0.3, -0.25) is 9.69 Å². The number of amides is 1. The summed E-state index contributed by atoms with van der Waals surface area (Å²) in [6, 6.07) is 18.0. The first-order chi connectivity index (χ1) is 14.5. The van der Waals surface area contributed by atoms with E-state index in [1.807, 2.05) is 47.7 Å². The number of aromatic nitrogens is 1. The summed E-state index contributed by atoms with van der Waals surface area (Å²) in [7, 11) is 1.92. The quantitative estimate of drug-likeness (QED) is 0.420. The van der Waals surface area contributed by atoms with Gasteiger partial charge in [-0.2, -0.15) is 0 Å². The maximum atomic E-state index is 13.4. The molecule has 1 N–H and O–H groups in total. The van der Waals surface area contributed by atoms with Gasteiger partial charge in [-0.05, 0) is 55.2 Å². The van der Waals surface area contributed by atoms with Crippen molar-refractivity contribution < 1.29 is 9.18 Å². The Bertz CT molecular complexity index is 1090. The van der Waals surface area contributed by atoms with Crippen LogP contribution in [0.2, 0.25) is 0 Å². The van der Waals surface area contributed by atoms with Crippen molar-refractivity contribution >= 4 is 38.8 Å². The summed E-state index contributed by atoms with van der Waals surface area (Å²) < 4.78 is 14.5. The Balaban J connectivity index is 1.46. The Morgan fingerprint density at radius 1 is 1.13 bits per heavy atom. The third-order valence-corrected chi connectivity index (χ3v) is 7.20. The standard InChI is InChI=1S/C23H22FN3OS2/c1-15(23-25-18-6-3-4-7-19(18)30-23)27(2)14-21(28)26-22(20-8-5-13-29-20)16-9-11-17(24)12-10-16/h3-13,15,22H,14H2,1-2H3,(H,26,28)/t15-,22-/m0/s1. The molecule has 0 aliphatic heterocycles. The number of hydrogen-bond acceptors (Lipinski definition) is 5. The van der Waals surface area contributed by atoms with Gasteiger partial charge in [-0.25, -0.2) is 9.37 Å². The molecule has 0 spiro atoms. The van der Waals surface area contributed by atoms with Crippen LogP contribution in [0.3, 0.4) is 0 Å². The lowest BCUT2D eigenvalue weighted by Gasteiger charge is -2.24. The van der Waals surface area contributed by atoms with E-state index in [4.69, 9.17) is 4.98 Å². The van der Waals surface area contributed by atoms with Crippen LogP contribution in [-0.2, 0) is 4.79 Å². The molecule has 0 fully saturated rings. The molecule has 7 heteroatoms. The lowest BCUT2D eigenvalue weighted by molar-refractivity contribution is -0.122. The lowest BCUT2D eigenvalue weighted by atomic mass is 10.1. The lowest BCUT2D eigenvalue weighted by Crippen LogP contribution is -2.38. The van der Waals surface area contributed by atoms with Gasteiger partial charge in [0.2, 0.25) is 5.91 Å². The highest BCUT2D eigenvalue weighted by atomic mass is 32.1. The second-order valence-corrected chi connectivity index (χ2v) is 9.22. The number of halogens is 1. The molecule has 154 valence electrons. The number of carbonyl (C=O) groups excluding carboxylic acids is 1. The van der Waals surface area contributed by atoms with Crippen LogP contribution in [0.4, 0.5) is 4.39 Å². The summed E-state index contributed by atoms with van der Waals surface area (Å²) in [4.78, 5) is 20.6. The fourth-order valence-corrected chi connectivity index (χ4v) is 5.14. The highest BCUT2D eigenvalue weighted by molar-refractivity contribution is 7.18. The molecule has 2 aromatic heterocycles. The number of hydrogen-bond donors (Lipinski definition) is 1. The van der Waals surface area contributed by atoms with Crippen molar-refractivity contribution in [1.29, 1.82) is 0 Å². The molecule has 2 atom stereocenters. The molecule has 0 saturated carbocycles. The van der Waals surface area contributed by atoms with Crippen LogP contribution in [0, 0.1) is 5.82 Å². The molecule has 2 heterocycles. The van der Waals surface area contributed by atoms with Crippen molar-refractivity contribution in [3.05, 3.63) is 87.3 Å². The van der Waals surface area contributed by atoms with E-state index >= 15 is 0 Å². The highest BCUT2D eigenvalue weighted by Gasteiger charge is 2.22. The molecule has 0 bridgehead atoms. The third-order valence-electron chi connectivity index (χ3n) is 5.06. The Morgan fingerprint density at radius 2 is 1.90 bits per heavy atom. The minimum atomic E-state index is -0.302. The van der Waals surface area contributed by atoms with Crippen molar-refractivity contribution in [3.8, 4) is 0 Å². The predicted molar refractivity (Wildman–Crippen MR) is 121 cm³/mol. The van der Waals surface area contributed by atoms with Gasteiger partial charge in [0.05, 0.1) is 28.8 Å². The first-order valence-electron chi connectivity index (χ1n) is 9.65. The zero-order chi connectivity index (χ0) is 21.1. The normalized spacial score (nSPS) is 13.5. The minimum Gasteiger partial charge on any atom is -0.343 e. The van der Waals surface area contributed by atoms with Crippen LogP contribution in [0.25, 0.3) is 10.2 Å². The number of para-hydroxylation sites is 1. The average Bonchev–Trinajstić information content (AvgIpc) is 3.42. The molecule has 2 aromatic carbocycles. The van der Waals surface area contributed by atoms with Gasteiger partial charge in [0.25, 0.3) is 0 Å². The fraction of sp³-hybridized carbons (Fsp3) is 0.217. The summed E-state index contributed by atoms with van der Waals surface area (Å²) in [5.74, 6) is -0.382. The van der Waals surface area contributed by atoms with E-state index in [9.17, 15) is 9.18 Å². The van der Waals surface area contributed by atoms with E-state index in [2.05, 4.69) is 18.3 Å². The number of benzene rings is 2. The van der Waals surface area contributed by atoms with E-state index in [-0.39, 0.29) is 30.4 Å². The summed E-state index contributed by atoms with van der Waals surface area (Å²) >= 11 is 3.22. The second kappa shape index (κ2) is 9.04. The Labute approximate surface area is 183 Å². The van der Waals surface area contributed by atoms with Crippen molar-refractivity contribution in [3.63, 3.8) is 0 Å². The molecular weight excluding hydrogens is 417 g/mol. The number of fused-ring (bicyclic) bond motifs is 1. The van der Waals surface area contributed by atoms with E-state index in [1.165, 1.54) is 12.1 Å². The van der Waals surface area contributed by atoms with Crippen LogP contribution in [-0.4, -0.2) is 29.4 Å². The van der Waals surface area contributed by atoms with E-state index < -0.39 is 0 Å². The van der Waals surface area contributed by atoms with Crippen molar-refractivity contribution in [2.45, 2.75) is 19.0 Å². The molecule has 0 unspecified atom stereocenters. The largest absolute Gasteiger partial charge is 0.343 e. The monoisotopic (exact) mass is 439 g/mol. The van der Waals surface area contributed by atoms with Crippen LogP contribution >= 0.6 is 22.7 Å². The molecule has 0 aliphatic rings. The summed E-state index contributed by atoms with van der Waals surface area (Å²) in [5.41, 5.74) is 1.84. The third kappa shape index (κ3) is 4.59. The number of likely N-dealkylation sites (N-methyl/N-ethyl adjacent to an activating group) is 1. The van der Waals surface area contributed by atoms with Crippen LogP contribution in [0.15, 0.2) is 66.0 Å². The zero-order valence-electron chi connectivity index (χ0n) is 16.7. The number of nitrogens with zero attached hydrogens (tertiary/aromatic N) is 2.